The summed E-state index contributed by atoms with van der Waals surface area (Å²) >= 11 is 5.76. The molecule has 3 amide bonds. The van der Waals surface area contributed by atoms with Crippen LogP contribution in [0, 0.1) is 5.82 Å². The molecule has 10 heteroatoms. The Labute approximate surface area is 182 Å². The number of methoxy groups -OCH3 is 1. The van der Waals surface area contributed by atoms with Crippen molar-refractivity contribution in [2.75, 3.05) is 25.5 Å². The lowest BCUT2D eigenvalue weighted by molar-refractivity contribution is -0.113. The van der Waals surface area contributed by atoms with E-state index in [2.05, 4.69) is 10.3 Å². The molecule has 0 aromatic heterocycles. The SMILES string of the molecule is COc1cccc(CN2CCN3C(C(=O)Nc4ccc(F)c(Cl)c4)=COC3=NC2=O)c1. The van der Waals surface area contributed by atoms with Gasteiger partial charge in [0.2, 0.25) is 0 Å². The number of amides is 3. The predicted octanol–water partition coefficient (Wildman–Crippen LogP) is 3.59. The number of carbonyl (C=O) groups is 2. The molecule has 2 heterocycles. The Morgan fingerprint density at radius 1 is 1.29 bits per heavy atom. The second-order valence-electron chi connectivity index (χ2n) is 6.81. The smallest absolute Gasteiger partial charge is 0.348 e. The summed E-state index contributed by atoms with van der Waals surface area (Å²) in [5.41, 5.74) is 1.39. The number of halogens is 2. The fourth-order valence-corrected chi connectivity index (χ4v) is 3.37. The molecule has 4 rings (SSSR count). The van der Waals surface area contributed by atoms with Gasteiger partial charge in [0.05, 0.1) is 12.1 Å². The number of hydrogen-bond donors (Lipinski definition) is 1. The molecule has 2 aromatic rings. The maximum absolute atomic E-state index is 13.3. The average molecular weight is 445 g/mol. The molecule has 0 spiro atoms. The van der Waals surface area contributed by atoms with Crippen LogP contribution in [0.3, 0.4) is 0 Å². The van der Waals surface area contributed by atoms with Crippen LogP contribution in [0.25, 0.3) is 0 Å². The predicted molar refractivity (Wildman–Crippen MR) is 112 cm³/mol. The molecule has 2 aliphatic rings. The van der Waals surface area contributed by atoms with Crippen molar-refractivity contribution in [1.29, 1.82) is 0 Å². The molecular formula is C21H18ClFN4O4. The molecular weight excluding hydrogens is 427 g/mol. The maximum Gasteiger partial charge on any atom is 0.348 e. The molecule has 0 saturated carbocycles. The van der Waals surface area contributed by atoms with Gasteiger partial charge in [-0.15, -0.1) is 4.99 Å². The van der Waals surface area contributed by atoms with Crippen molar-refractivity contribution < 1.29 is 23.5 Å². The Hall–Kier alpha value is -3.59. The highest BCUT2D eigenvalue weighted by molar-refractivity contribution is 6.31. The van der Waals surface area contributed by atoms with Gasteiger partial charge in [0, 0.05) is 25.3 Å². The van der Waals surface area contributed by atoms with E-state index in [4.69, 9.17) is 21.1 Å². The third-order valence-electron chi connectivity index (χ3n) is 4.77. The van der Waals surface area contributed by atoms with Crippen molar-refractivity contribution >= 4 is 35.2 Å². The zero-order chi connectivity index (χ0) is 22.0. The summed E-state index contributed by atoms with van der Waals surface area (Å²) in [6.45, 7) is 0.956. The summed E-state index contributed by atoms with van der Waals surface area (Å²) < 4.78 is 23.9. The Morgan fingerprint density at radius 2 is 2.13 bits per heavy atom. The van der Waals surface area contributed by atoms with E-state index in [1.807, 2.05) is 24.3 Å². The molecule has 0 bridgehead atoms. The zero-order valence-corrected chi connectivity index (χ0v) is 17.2. The van der Waals surface area contributed by atoms with Crippen LogP contribution in [0.1, 0.15) is 5.56 Å². The number of urea groups is 1. The number of aliphatic imine (C=N–C) groups is 1. The fourth-order valence-electron chi connectivity index (χ4n) is 3.19. The van der Waals surface area contributed by atoms with Gasteiger partial charge in [0.25, 0.3) is 5.91 Å². The largest absolute Gasteiger partial charge is 0.497 e. The fraction of sp³-hybridized carbons (Fsp3) is 0.190. The lowest BCUT2D eigenvalue weighted by atomic mass is 10.2. The second-order valence-corrected chi connectivity index (χ2v) is 7.21. The van der Waals surface area contributed by atoms with E-state index in [1.54, 1.807) is 12.0 Å². The van der Waals surface area contributed by atoms with Crippen LogP contribution in [-0.2, 0) is 16.1 Å². The highest BCUT2D eigenvalue weighted by Crippen LogP contribution is 2.24. The molecule has 0 unspecified atom stereocenters. The van der Waals surface area contributed by atoms with Crippen LogP contribution in [-0.4, -0.2) is 48.0 Å². The van der Waals surface area contributed by atoms with Gasteiger partial charge in [-0.2, -0.15) is 0 Å². The third-order valence-corrected chi connectivity index (χ3v) is 5.06. The van der Waals surface area contributed by atoms with Crippen LogP contribution in [0.4, 0.5) is 14.9 Å². The van der Waals surface area contributed by atoms with Gasteiger partial charge in [0.15, 0.2) is 0 Å². The van der Waals surface area contributed by atoms with Crippen molar-refractivity contribution in [3.05, 3.63) is 70.8 Å². The van der Waals surface area contributed by atoms with E-state index >= 15 is 0 Å². The van der Waals surface area contributed by atoms with Crippen LogP contribution >= 0.6 is 11.6 Å². The molecule has 0 radical (unpaired) electrons. The van der Waals surface area contributed by atoms with Gasteiger partial charge < -0.3 is 19.7 Å². The van der Waals surface area contributed by atoms with Gasteiger partial charge in [0.1, 0.15) is 23.5 Å². The van der Waals surface area contributed by atoms with Crippen molar-refractivity contribution in [2.24, 2.45) is 4.99 Å². The Kier molecular flexibility index (Phi) is 5.77. The number of fused-ring (bicyclic) bond motifs is 1. The number of anilines is 1. The normalized spacial score (nSPS) is 15.5. The highest BCUT2D eigenvalue weighted by Gasteiger charge is 2.34. The number of hydrogen-bond acceptors (Lipinski definition) is 5. The van der Waals surface area contributed by atoms with E-state index in [-0.39, 0.29) is 16.7 Å². The van der Waals surface area contributed by atoms with Crippen LogP contribution < -0.4 is 10.1 Å². The minimum Gasteiger partial charge on any atom is -0.497 e. The molecule has 8 nitrogen and oxygen atoms in total. The van der Waals surface area contributed by atoms with Gasteiger partial charge in [-0.1, -0.05) is 23.7 Å². The summed E-state index contributed by atoms with van der Waals surface area (Å²) in [6, 6.07) is 10.8. The maximum atomic E-state index is 13.3. The standard InChI is InChI=1S/C21H18ClFN4O4/c1-30-15-4-2-3-13(9-15)11-26-7-8-27-18(12-31-21(27)25-20(26)29)19(28)24-14-5-6-17(23)16(22)10-14/h2-6,9-10,12H,7-8,11H2,1H3,(H,24,28). The highest BCUT2D eigenvalue weighted by atomic mass is 35.5. The first-order valence-electron chi connectivity index (χ1n) is 9.36. The van der Waals surface area contributed by atoms with E-state index < -0.39 is 17.8 Å². The van der Waals surface area contributed by atoms with E-state index in [0.29, 0.717) is 31.1 Å². The number of rotatable bonds is 5. The lowest BCUT2D eigenvalue weighted by Gasteiger charge is -2.21. The van der Waals surface area contributed by atoms with E-state index in [1.165, 1.54) is 23.3 Å². The van der Waals surface area contributed by atoms with Crippen molar-refractivity contribution in [1.82, 2.24) is 9.80 Å². The lowest BCUT2D eigenvalue weighted by Crippen LogP contribution is -2.36. The minimum absolute atomic E-state index is 0.0282. The average Bonchev–Trinajstić information content (AvgIpc) is 3.09. The topological polar surface area (TPSA) is 83.5 Å². The zero-order valence-electron chi connectivity index (χ0n) is 16.5. The van der Waals surface area contributed by atoms with Gasteiger partial charge in [-0.05, 0) is 35.9 Å². The number of nitrogens with one attached hydrogen (secondary N) is 1. The number of benzene rings is 2. The third kappa shape index (κ3) is 4.46. The van der Waals surface area contributed by atoms with Crippen LogP contribution in [0.5, 0.6) is 5.75 Å². The van der Waals surface area contributed by atoms with Gasteiger partial charge >= 0.3 is 12.1 Å². The van der Waals surface area contributed by atoms with Crippen LogP contribution in [0.2, 0.25) is 5.02 Å². The van der Waals surface area contributed by atoms with E-state index in [0.717, 1.165) is 11.6 Å². The molecule has 2 aliphatic heterocycles. The summed E-state index contributed by atoms with van der Waals surface area (Å²) in [5.74, 6) is -0.390. The van der Waals surface area contributed by atoms with Crippen LogP contribution in [0.15, 0.2) is 59.4 Å². The second kappa shape index (κ2) is 8.65. The number of nitrogens with zero attached hydrogens (tertiary/aromatic N) is 3. The molecule has 1 N–H and O–H groups in total. The monoisotopic (exact) mass is 444 g/mol. The molecule has 0 atom stereocenters. The van der Waals surface area contributed by atoms with Crippen molar-refractivity contribution in [2.45, 2.75) is 6.54 Å². The molecule has 0 aliphatic carbocycles. The van der Waals surface area contributed by atoms with Crippen molar-refractivity contribution in [3.8, 4) is 5.75 Å². The first kappa shape index (κ1) is 20.7. The quantitative estimate of drug-likeness (QED) is 0.762. The summed E-state index contributed by atoms with van der Waals surface area (Å²) in [4.78, 5) is 32.3. The van der Waals surface area contributed by atoms with Crippen molar-refractivity contribution in [3.63, 3.8) is 0 Å². The molecule has 2 aromatic carbocycles. The summed E-state index contributed by atoms with van der Waals surface area (Å²) in [5, 5.41) is 2.53. The first-order valence-corrected chi connectivity index (χ1v) is 9.73. The Morgan fingerprint density at radius 3 is 2.90 bits per heavy atom. The van der Waals surface area contributed by atoms with Gasteiger partial charge in [-0.3, -0.25) is 9.69 Å². The van der Waals surface area contributed by atoms with E-state index in [9.17, 15) is 14.0 Å². The first-order chi connectivity index (χ1) is 14.9. The minimum atomic E-state index is -0.584. The van der Waals surface area contributed by atoms with Gasteiger partial charge in [-0.25, -0.2) is 9.18 Å². The number of ether oxygens (including phenoxy) is 2. The number of carbonyl (C=O) groups excluding carboxylic acids is 2. The molecule has 160 valence electrons. The summed E-state index contributed by atoms with van der Waals surface area (Å²) in [6.07, 6.45) is 1.23. The molecule has 31 heavy (non-hydrogen) atoms. The number of amidine groups is 1. The molecule has 0 fully saturated rings. The Bertz CT molecular complexity index is 1100. The summed E-state index contributed by atoms with van der Waals surface area (Å²) in [7, 11) is 1.58. The molecule has 0 saturated heterocycles. The Balaban J connectivity index is 1.45.